The minimum absolute atomic E-state index is 0.495. The van der Waals surface area contributed by atoms with Crippen LogP contribution in [0.1, 0.15) is 155 Å². The van der Waals surface area contributed by atoms with E-state index in [9.17, 15) is 0 Å². The molecule has 0 bridgehead atoms. The lowest BCUT2D eigenvalue weighted by atomic mass is 9.79. The quantitative estimate of drug-likeness (QED) is 0.150. The first kappa shape index (κ1) is 33.3. The summed E-state index contributed by atoms with van der Waals surface area (Å²) >= 11 is 2.20. The Morgan fingerprint density at radius 1 is 0.512 bits per heavy atom. The van der Waals surface area contributed by atoms with E-state index < -0.39 is 0 Å². The van der Waals surface area contributed by atoms with Crippen LogP contribution in [0.2, 0.25) is 0 Å². The number of fused-ring (bicyclic) bond motifs is 1. The van der Waals surface area contributed by atoms with Gasteiger partial charge < -0.3 is 9.47 Å². The number of hydrogen-bond acceptors (Lipinski definition) is 3. The Bertz CT molecular complexity index is 765. The largest absolute Gasteiger partial charge is 0.378 e. The van der Waals surface area contributed by atoms with Crippen LogP contribution in [0.15, 0.2) is 0 Å². The third kappa shape index (κ3) is 12.5. The molecule has 232 valence electrons. The van der Waals surface area contributed by atoms with E-state index in [1.807, 2.05) is 0 Å². The highest BCUT2D eigenvalue weighted by Crippen LogP contribution is 2.47. The summed E-state index contributed by atoms with van der Waals surface area (Å²) in [6.45, 7) is 6.49. The standard InChI is InChI=1S/C38H62O2S/c1-3-5-7-9-11-27-39-35-21-15-31(16-22-35)13-14-33-20-26-38-34(29-33)30-37(41-38)25-19-32-17-23-36(24-18-32)40-28-12-10-8-6-4-2/h31-38H,3-12,15-18,20-24,26-30H2,1-2H3. The van der Waals surface area contributed by atoms with Crippen LogP contribution < -0.4 is 0 Å². The lowest BCUT2D eigenvalue weighted by molar-refractivity contribution is 0.0208. The van der Waals surface area contributed by atoms with Crippen LogP contribution in [-0.4, -0.2) is 35.9 Å². The van der Waals surface area contributed by atoms with Crippen molar-refractivity contribution >= 4 is 11.8 Å². The lowest BCUT2D eigenvalue weighted by Gasteiger charge is -2.29. The van der Waals surface area contributed by atoms with Gasteiger partial charge in [0.05, 0.1) is 17.5 Å². The van der Waals surface area contributed by atoms with E-state index in [4.69, 9.17) is 9.47 Å². The van der Waals surface area contributed by atoms with E-state index in [0.29, 0.717) is 35.2 Å². The van der Waals surface area contributed by atoms with Gasteiger partial charge in [-0.25, -0.2) is 0 Å². The Hall–Kier alpha value is -0.610. The maximum Gasteiger partial charge on any atom is 0.0663 e. The zero-order chi connectivity index (χ0) is 28.5. The molecule has 4 aliphatic rings. The van der Waals surface area contributed by atoms with Crippen LogP contribution in [0.4, 0.5) is 0 Å². The van der Waals surface area contributed by atoms with Crippen molar-refractivity contribution in [2.75, 3.05) is 13.2 Å². The second kappa shape index (κ2) is 19.6. The van der Waals surface area contributed by atoms with Crippen LogP contribution >= 0.6 is 11.8 Å². The van der Waals surface area contributed by atoms with E-state index >= 15 is 0 Å². The normalized spacial score (nSPS) is 33.3. The molecule has 1 saturated heterocycles. The molecule has 0 amide bonds. The van der Waals surface area contributed by atoms with Crippen LogP contribution in [-0.2, 0) is 9.47 Å². The molecule has 0 spiro atoms. The van der Waals surface area contributed by atoms with Gasteiger partial charge in [0.25, 0.3) is 0 Å². The molecule has 3 heteroatoms. The average molecular weight is 583 g/mol. The first-order valence-corrected chi connectivity index (χ1v) is 19.1. The van der Waals surface area contributed by atoms with Gasteiger partial charge >= 0.3 is 0 Å². The molecule has 3 aliphatic carbocycles. The summed E-state index contributed by atoms with van der Waals surface area (Å²) in [5, 5.41) is 1.40. The van der Waals surface area contributed by atoms with Gasteiger partial charge in [-0.15, -0.1) is 11.8 Å². The van der Waals surface area contributed by atoms with Gasteiger partial charge in [-0.1, -0.05) is 88.9 Å². The maximum absolute atomic E-state index is 6.19. The average Bonchev–Trinajstić information content (AvgIpc) is 3.42. The third-order valence-electron chi connectivity index (χ3n) is 10.3. The first-order valence-electron chi connectivity index (χ1n) is 18.1. The van der Waals surface area contributed by atoms with Crippen molar-refractivity contribution < 1.29 is 9.47 Å². The molecular weight excluding hydrogens is 520 g/mol. The minimum atomic E-state index is 0.495. The Morgan fingerprint density at radius 2 is 1.00 bits per heavy atom. The molecule has 4 unspecified atom stereocenters. The van der Waals surface area contributed by atoms with Crippen LogP contribution in [0, 0.1) is 47.4 Å². The van der Waals surface area contributed by atoms with Gasteiger partial charge in [-0.2, -0.15) is 0 Å². The lowest BCUT2D eigenvalue weighted by Crippen LogP contribution is -2.23. The molecule has 0 aromatic rings. The van der Waals surface area contributed by atoms with Crippen LogP contribution in [0.25, 0.3) is 0 Å². The Balaban J connectivity index is 1.07. The molecule has 0 N–H and O–H groups in total. The highest BCUT2D eigenvalue weighted by molar-refractivity contribution is 8.01. The fourth-order valence-corrected chi connectivity index (χ4v) is 9.17. The molecular formula is C38H62O2S. The number of hydrogen-bond donors (Lipinski definition) is 0. The van der Waals surface area contributed by atoms with Crippen molar-refractivity contribution in [3.8, 4) is 23.7 Å². The van der Waals surface area contributed by atoms with E-state index in [1.165, 1.54) is 141 Å². The number of rotatable bonds is 14. The summed E-state index contributed by atoms with van der Waals surface area (Å²) in [5.74, 6) is 17.7. The summed E-state index contributed by atoms with van der Waals surface area (Å²) in [6, 6.07) is 0. The molecule has 2 nitrogen and oxygen atoms in total. The zero-order valence-corrected chi connectivity index (χ0v) is 27.6. The highest BCUT2D eigenvalue weighted by atomic mass is 32.2. The zero-order valence-electron chi connectivity index (χ0n) is 26.8. The molecule has 1 aliphatic heterocycles. The number of unbranched alkanes of at least 4 members (excludes halogenated alkanes) is 8. The van der Waals surface area contributed by atoms with Crippen molar-refractivity contribution in [1.29, 1.82) is 0 Å². The summed E-state index contributed by atoms with van der Waals surface area (Å²) in [4.78, 5) is 0. The Labute approximate surface area is 259 Å². The number of thioether (sulfide) groups is 1. The summed E-state index contributed by atoms with van der Waals surface area (Å²) < 4.78 is 12.4. The molecule has 3 saturated carbocycles. The predicted octanol–water partition coefficient (Wildman–Crippen LogP) is 10.4. The van der Waals surface area contributed by atoms with E-state index in [2.05, 4.69) is 49.3 Å². The van der Waals surface area contributed by atoms with E-state index in [0.717, 1.165) is 24.4 Å². The fraction of sp³-hybridized carbons (Fsp3) is 0.895. The molecule has 0 aromatic heterocycles. The van der Waals surface area contributed by atoms with Gasteiger partial charge in [-0.3, -0.25) is 0 Å². The van der Waals surface area contributed by atoms with Crippen molar-refractivity contribution in [3.05, 3.63) is 0 Å². The highest BCUT2D eigenvalue weighted by Gasteiger charge is 2.38. The van der Waals surface area contributed by atoms with E-state index in [-0.39, 0.29) is 0 Å². The SMILES string of the molecule is CCCCCCCOC1CCC(C#CC2CCC3SC(C#CC4CCC(OCCCCCCC)CC4)CC3C2)CC1. The second-order valence-corrected chi connectivity index (χ2v) is 15.2. The van der Waals surface area contributed by atoms with Crippen molar-refractivity contribution in [3.63, 3.8) is 0 Å². The predicted molar refractivity (Wildman–Crippen MR) is 177 cm³/mol. The fourth-order valence-electron chi connectivity index (χ4n) is 7.53. The van der Waals surface area contributed by atoms with E-state index in [1.54, 1.807) is 0 Å². The van der Waals surface area contributed by atoms with Gasteiger partial charge in [-0.05, 0) is 95.8 Å². The Morgan fingerprint density at radius 3 is 1.56 bits per heavy atom. The summed E-state index contributed by atoms with van der Waals surface area (Å²) in [6.07, 6.45) is 29.4. The summed E-state index contributed by atoms with van der Waals surface area (Å²) in [7, 11) is 0. The first-order chi connectivity index (χ1) is 20.2. The molecule has 41 heavy (non-hydrogen) atoms. The van der Waals surface area contributed by atoms with Gasteiger partial charge in [0.15, 0.2) is 0 Å². The van der Waals surface area contributed by atoms with Gasteiger partial charge in [0, 0.05) is 36.2 Å². The molecule has 4 fully saturated rings. The minimum Gasteiger partial charge on any atom is -0.378 e. The van der Waals surface area contributed by atoms with Crippen molar-refractivity contribution in [2.24, 2.45) is 23.7 Å². The smallest absolute Gasteiger partial charge is 0.0663 e. The van der Waals surface area contributed by atoms with Crippen LogP contribution in [0.3, 0.4) is 0 Å². The molecule has 4 rings (SSSR count). The van der Waals surface area contributed by atoms with Crippen LogP contribution in [0.5, 0.6) is 0 Å². The van der Waals surface area contributed by atoms with Crippen molar-refractivity contribution in [1.82, 2.24) is 0 Å². The molecule has 0 radical (unpaired) electrons. The molecule has 0 aromatic carbocycles. The van der Waals surface area contributed by atoms with Gasteiger partial charge in [0.2, 0.25) is 0 Å². The van der Waals surface area contributed by atoms with Gasteiger partial charge in [0.1, 0.15) is 0 Å². The second-order valence-electron chi connectivity index (χ2n) is 13.8. The Kier molecular flexibility index (Phi) is 15.9. The molecule has 1 heterocycles. The van der Waals surface area contributed by atoms with Crippen molar-refractivity contribution in [2.45, 2.75) is 178 Å². The number of ether oxygens (including phenoxy) is 2. The third-order valence-corrected chi connectivity index (χ3v) is 11.9. The summed E-state index contributed by atoms with van der Waals surface area (Å²) in [5.41, 5.74) is 0. The molecule has 4 atom stereocenters. The monoisotopic (exact) mass is 582 g/mol. The topological polar surface area (TPSA) is 18.5 Å². The maximum atomic E-state index is 6.19.